The molecular weight excluding hydrogens is 362 g/mol. The summed E-state index contributed by atoms with van der Waals surface area (Å²) in [5.74, 6) is 0.764. The number of rotatable bonds is 6. The molecule has 1 aliphatic rings. The van der Waals surface area contributed by atoms with Gasteiger partial charge in [-0.1, -0.05) is 29.8 Å². The zero-order chi connectivity index (χ0) is 20.6. The molecule has 1 fully saturated rings. The number of aliphatic imine (C=N–C) groups is 1. The number of anilines is 1. The molecule has 0 spiro atoms. The number of carbonyl (C=O) groups excluding carboxylic acids is 1. The van der Waals surface area contributed by atoms with Gasteiger partial charge in [0, 0.05) is 51.0 Å². The molecule has 0 aromatic heterocycles. The molecule has 1 aliphatic heterocycles. The number of hydrogen-bond acceptors (Lipinski definition) is 3. The smallest absolute Gasteiger partial charge is 0.251 e. The monoisotopic (exact) mass is 393 g/mol. The Morgan fingerprint density at radius 2 is 2.00 bits per heavy atom. The molecule has 1 heterocycles. The van der Waals surface area contributed by atoms with E-state index in [0.717, 1.165) is 44.0 Å². The summed E-state index contributed by atoms with van der Waals surface area (Å²) in [5, 5.41) is 9.59. The SMILES string of the molecule is CN=C(NCCc1cccc(C(=O)NC)c1)NC1CCN(c2ccc(C)cc2)C1. The van der Waals surface area contributed by atoms with Gasteiger partial charge in [0.05, 0.1) is 0 Å². The number of carbonyl (C=O) groups is 1. The summed E-state index contributed by atoms with van der Waals surface area (Å²) in [6.07, 6.45) is 1.91. The summed E-state index contributed by atoms with van der Waals surface area (Å²) in [6, 6.07) is 16.8. The molecule has 0 radical (unpaired) electrons. The highest BCUT2D eigenvalue weighted by molar-refractivity contribution is 5.94. The van der Waals surface area contributed by atoms with Gasteiger partial charge < -0.3 is 20.9 Å². The van der Waals surface area contributed by atoms with E-state index in [0.29, 0.717) is 11.6 Å². The van der Waals surface area contributed by atoms with E-state index in [1.165, 1.54) is 11.3 Å². The Labute approximate surface area is 173 Å². The topological polar surface area (TPSA) is 68.8 Å². The van der Waals surface area contributed by atoms with E-state index in [-0.39, 0.29) is 5.91 Å². The Kier molecular flexibility index (Phi) is 7.11. The van der Waals surface area contributed by atoms with E-state index in [1.807, 2.05) is 24.3 Å². The molecule has 6 nitrogen and oxygen atoms in total. The number of nitrogens with zero attached hydrogens (tertiary/aromatic N) is 2. The van der Waals surface area contributed by atoms with Gasteiger partial charge in [-0.25, -0.2) is 0 Å². The number of benzene rings is 2. The minimum absolute atomic E-state index is 0.0587. The molecule has 0 saturated carbocycles. The van der Waals surface area contributed by atoms with Gasteiger partial charge in [-0.2, -0.15) is 0 Å². The van der Waals surface area contributed by atoms with E-state index in [2.05, 4.69) is 57.0 Å². The third-order valence-electron chi connectivity index (χ3n) is 5.27. The van der Waals surface area contributed by atoms with E-state index in [1.54, 1.807) is 14.1 Å². The van der Waals surface area contributed by atoms with E-state index >= 15 is 0 Å². The highest BCUT2D eigenvalue weighted by Gasteiger charge is 2.23. The Hall–Kier alpha value is -3.02. The first-order chi connectivity index (χ1) is 14.1. The van der Waals surface area contributed by atoms with Crippen LogP contribution in [0.4, 0.5) is 5.69 Å². The molecule has 1 amide bonds. The van der Waals surface area contributed by atoms with Crippen molar-refractivity contribution in [2.75, 3.05) is 38.6 Å². The minimum atomic E-state index is -0.0587. The number of guanidine groups is 1. The molecule has 2 aromatic rings. The van der Waals surface area contributed by atoms with Crippen LogP contribution in [-0.4, -0.2) is 51.6 Å². The second-order valence-corrected chi connectivity index (χ2v) is 7.44. The second-order valence-electron chi connectivity index (χ2n) is 7.44. The summed E-state index contributed by atoms with van der Waals surface area (Å²) in [5.41, 5.74) is 4.38. The molecule has 1 unspecified atom stereocenters. The molecular formula is C23H31N5O. The highest BCUT2D eigenvalue weighted by atomic mass is 16.1. The summed E-state index contributed by atoms with van der Waals surface area (Å²) in [7, 11) is 3.45. The van der Waals surface area contributed by atoms with Gasteiger partial charge in [-0.05, 0) is 49.6 Å². The van der Waals surface area contributed by atoms with Crippen molar-refractivity contribution in [2.24, 2.45) is 4.99 Å². The van der Waals surface area contributed by atoms with Crippen LogP contribution in [0, 0.1) is 6.92 Å². The number of amides is 1. The van der Waals surface area contributed by atoms with E-state index < -0.39 is 0 Å². The molecule has 154 valence electrons. The fourth-order valence-corrected chi connectivity index (χ4v) is 3.59. The number of aryl methyl sites for hydroxylation is 1. The Balaban J connectivity index is 1.46. The van der Waals surface area contributed by atoms with Crippen LogP contribution < -0.4 is 20.9 Å². The van der Waals surface area contributed by atoms with Crippen molar-refractivity contribution in [3.05, 3.63) is 65.2 Å². The van der Waals surface area contributed by atoms with Gasteiger partial charge in [0.25, 0.3) is 5.91 Å². The van der Waals surface area contributed by atoms with Crippen molar-refractivity contribution >= 4 is 17.6 Å². The van der Waals surface area contributed by atoms with Gasteiger partial charge in [0.2, 0.25) is 0 Å². The first-order valence-corrected chi connectivity index (χ1v) is 10.2. The quantitative estimate of drug-likeness (QED) is 0.521. The van der Waals surface area contributed by atoms with Gasteiger partial charge in [-0.3, -0.25) is 9.79 Å². The van der Waals surface area contributed by atoms with Crippen molar-refractivity contribution in [3.63, 3.8) is 0 Å². The first-order valence-electron chi connectivity index (χ1n) is 10.2. The molecule has 29 heavy (non-hydrogen) atoms. The molecule has 1 atom stereocenters. The van der Waals surface area contributed by atoms with Crippen molar-refractivity contribution in [3.8, 4) is 0 Å². The Morgan fingerprint density at radius 3 is 2.72 bits per heavy atom. The number of hydrogen-bond donors (Lipinski definition) is 3. The standard InChI is InChI=1S/C23H31N5O/c1-17-7-9-21(10-8-17)28-14-12-20(16-28)27-23(25-3)26-13-11-18-5-4-6-19(15-18)22(29)24-2/h4-10,15,20H,11-14,16H2,1-3H3,(H,24,29)(H2,25,26,27). The largest absolute Gasteiger partial charge is 0.369 e. The zero-order valence-corrected chi connectivity index (χ0v) is 17.5. The summed E-state index contributed by atoms with van der Waals surface area (Å²) in [6.45, 7) is 4.88. The number of nitrogens with one attached hydrogen (secondary N) is 3. The highest BCUT2D eigenvalue weighted by Crippen LogP contribution is 2.20. The van der Waals surface area contributed by atoms with Gasteiger partial charge in [0.15, 0.2) is 5.96 Å². The van der Waals surface area contributed by atoms with Gasteiger partial charge in [0.1, 0.15) is 0 Å². The summed E-state index contributed by atoms with van der Waals surface area (Å²) < 4.78 is 0. The maximum atomic E-state index is 11.8. The fraction of sp³-hybridized carbons (Fsp3) is 0.391. The predicted molar refractivity (Wildman–Crippen MR) is 120 cm³/mol. The lowest BCUT2D eigenvalue weighted by molar-refractivity contribution is 0.0963. The molecule has 0 bridgehead atoms. The summed E-state index contributed by atoms with van der Waals surface area (Å²) >= 11 is 0. The Bertz CT molecular complexity index is 847. The van der Waals surface area contributed by atoms with Crippen LogP contribution in [0.5, 0.6) is 0 Å². The molecule has 1 saturated heterocycles. The van der Waals surface area contributed by atoms with Crippen molar-refractivity contribution in [1.29, 1.82) is 0 Å². The lowest BCUT2D eigenvalue weighted by Gasteiger charge is -2.20. The van der Waals surface area contributed by atoms with Gasteiger partial charge in [-0.15, -0.1) is 0 Å². The molecule has 3 rings (SSSR count). The Morgan fingerprint density at radius 1 is 1.21 bits per heavy atom. The molecule has 6 heteroatoms. The van der Waals surface area contributed by atoms with Crippen LogP contribution in [0.25, 0.3) is 0 Å². The molecule has 2 aromatic carbocycles. The third kappa shape index (κ3) is 5.73. The second kappa shape index (κ2) is 9.96. The van der Waals surface area contributed by atoms with Crippen LogP contribution in [0.15, 0.2) is 53.5 Å². The summed E-state index contributed by atoms with van der Waals surface area (Å²) in [4.78, 5) is 18.5. The van der Waals surface area contributed by atoms with Crippen molar-refractivity contribution in [2.45, 2.75) is 25.8 Å². The predicted octanol–water partition coefficient (Wildman–Crippen LogP) is 2.34. The third-order valence-corrected chi connectivity index (χ3v) is 5.27. The van der Waals surface area contributed by atoms with Crippen LogP contribution in [0.3, 0.4) is 0 Å². The maximum Gasteiger partial charge on any atom is 0.251 e. The first kappa shape index (κ1) is 20.7. The van der Waals surface area contributed by atoms with Gasteiger partial charge >= 0.3 is 0 Å². The average Bonchev–Trinajstić information content (AvgIpc) is 3.21. The lowest BCUT2D eigenvalue weighted by atomic mass is 10.1. The van der Waals surface area contributed by atoms with Crippen molar-refractivity contribution < 1.29 is 4.79 Å². The van der Waals surface area contributed by atoms with Crippen LogP contribution >= 0.6 is 0 Å². The molecule has 0 aliphatic carbocycles. The maximum absolute atomic E-state index is 11.8. The zero-order valence-electron chi connectivity index (χ0n) is 17.5. The average molecular weight is 394 g/mol. The van der Waals surface area contributed by atoms with Crippen LogP contribution in [-0.2, 0) is 6.42 Å². The minimum Gasteiger partial charge on any atom is -0.369 e. The molecule has 3 N–H and O–H groups in total. The van der Waals surface area contributed by atoms with Crippen molar-refractivity contribution in [1.82, 2.24) is 16.0 Å². The van der Waals surface area contributed by atoms with E-state index in [4.69, 9.17) is 0 Å². The fourth-order valence-electron chi connectivity index (χ4n) is 3.59. The van der Waals surface area contributed by atoms with E-state index in [9.17, 15) is 4.79 Å². The normalized spacial score (nSPS) is 16.6. The van der Waals surface area contributed by atoms with Crippen LogP contribution in [0.2, 0.25) is 0 Å². The van der Waals surface area contributed by atoms with Crippen LogP contribution in [0.1, 0.15) is 27.9 Å². The lowest BCUT2D eigenvalue weighted by Crippen LogP contribution is -2.45.